The van der Waals surface area contributed by atoms with Crippen LogP contribution in [-0.2, 0) is 17.8 Å². The minimum absolute atomic E-state index is 0.0528. The molecular weight excluding hydrogens is 352 g/mol. The molecule has 1 saturated heterocycles. The van der Waals surface area contributed by atoms with Crippen LogP contribution < -0.4 is 16.0 Å². The van der Waals surface area contributed by atoms with Crippen molar-refractivity contribution in [1.82, 2.24) is 4.90 Å². The molecule has 0 radical (unpaired) electrons. The maximum Gasteiger partial charge on any atom is 0.241 e. The number of carbonyl (C=O) groups excluding carboxylic acids is 1. The fourth-order valence-electron chi connectivity index (χ4n) is 3.48. The number of rotatable bonds is 8. The highest BCUT2D eigenvalue weighted by Crippen LogP contribution is 2.25. The number of aliphatic hydroxyl groups excluding tert-OH is 1. The summed E-state index contributed by atoms with van der Waals surface area (Å²) in [7, 11) is 1.84. The number of β-amino-alcohol motifs (C(OH)–C–C–N with tert-alkyl or cyclic N) is 1. The highest BCUT2D eigenvalue weighted by atomic mass is 16.3. The van der Waals surface area contributed by atoms with E-state index in [-0.39, 0.29) is 18.6 Å². The second-order valence-corrected chi connectivity index (χ2v) is 7.34. The summed E-state index contributed by atoms with van der Waals surface area (Å²) in [4.78, 5) is 16.4. The van der Waals surface area contributed by atoms with Crippen LogP contribution >= 0.6 is 0 Å². The Morgan fingerprint density at radius 1 is 1.25 bits per heavy atom. The number of para-hydroxylation sites is 1. The fourth-order valence-corrected chi connectivity index (χ4v) is 3.48. The number of nitrogens with one attached hydrogen (secondary N) is 1. The molecule has 1 aliphatic heterocycles. The predicted molar refractivity (Wildman–Crippen MR) is 113 cm³/mol. The van der Waals surface area contributed by atoms with E-state index in [2.05, 4.69) is 22.3 Å². The molecule has 0 spiro atoms. The van der Waals surface area contributed by atoms with E-state index in [0.29, 0.717) is 19.6 Å². The molecule has 2 aromatic rings. The van der Waals surface area contributed by atoms with Crippen LogP contribution in [0, 0.1) is 0 Å². The van der Waals surface area contributed by atoms with Crippen LogP contribution in [0.1, 0.15) is 17.5 Å². The van der Waals surface area contributed by atoms with Crippen LogP contribution in [0.25, 0.3) is 0 Å². The molecule has 28 heavy (non-hydrogen) atoms. The summed E-state index contributed by atoms with van der Waals surface area (Å²) in [6.07, 6.45) is 1.35. The first-order chi connectivity index (χ1) is 13.6. The molecule has 0 bridgehead atoms. The quantitative estimate of drug-likeness (QED) is 0.649. The molecule has 4 N–H and O–H groups in total. The van der Waals surface area contributed by atoms with Crippen molar-refractivity contribution in [2.24, 2.45) is 5.73 Å². The monoisotopic (exact) mass is 382 g/mol. The molecule has 0 aliphatic carbocycles. The summed E-state index contributed by atoms with van der Waals surface area (Å²) < 4.78 is 0. The zero-order chi connectivity index (χ0) is 19.9. The third kappa shape index (κ3) is 5.24. The van der Waals surface area contributed by atoms with E-state index in [0.717, 1.165) is 36.3 Å². The lowest BCUT2D eigenvalue weighted by Crippen LogP contribution is -2.34. The number of hydrogen-bond donors (Lipinski definition) is 3. The Hall–Kier alpha value is -2.57. The first-order valence-electron chi connectivity index (χ1n) is 9.84. The van der Waals surface area contributed by atoms with E-state index in [1.165, 1.54) is 5.56 Å². The Morgan fingerprint density at radius 3 is 2.68 bits per heavy atom. The number of anilines is 2. The largest absolute Gasteiger partial charge is 0.391 e. The second-order valence-electron chi connectivity index (χ2n) is 7.34. The van der Waals surface area contributed by atoms with Crippen LogP contribution in [0.3, 0.4) is 0 Å². The maximum atomic E-state index is 12.4. The number of amides is 1. The smallest absolute Gasteiger partial charge is 0.241 e. The highest BCUT2D eigenvalue weighted by molar-refractivity contribution is 5.80. The van der Waals surface area contributed by atoms with Crippen molar-refractivity contribution in [2.45, 2.75) is 25.5 Å². The standard InChI is InChI=1S/C22H30N4O2/c1-25(22(28)15-24-19-8-6-17(14-23)7-9-19)12-10-18-4-2-3-5-21(18)26-13-11-20(27)16-26/h2-9,20,24,27H,10-16,23H2,1H3/t20-/m0/s1. The number of nitrogens with zero attached hydrogens (tertiary/aromatic N) is 2. The third-order valence-electron chi connectivity index (χ3n) is 5.27. The van der Waals surface area contributed by atoms with Crippen LogP contribution in [0.15, 0.2) is 48.5 Å². The minimum atomic E-state index is -0.248. The summed E-state index contributed by atoms with van der Waals surface area (Å²) >= 11 is 0. The van der Waals surface area contributed by atoms with Gasteiger partial charge in [0.25, 0.3) is 0 Å². The molecule has 1 aliphatic rings. The van der Waals surface area contributed by atoms with Crippen molar-refractivity contribution >= 4 is 17.3 Å². The van der Waals surface area contributed by atoms with Gasteiger partial charge in [-0.2, -0.15) is 0 Å². The van der Waals surface area contributed by atoms with E-state index in [9.17, 15) is 9.90 Å². The fraction of sp³-hybridized carbons (Fsp3) is 0.409. The molecule has 1 fully saturated rings. The van der Waals surface area contributed by atoms with Gasteiger partial charge in [0.1, 0.15) is 0 Å². The van der Waals surface area contributed by atoms with Gasteiger partial charge in [0.05, 0.1) is 12.6 Å². The lowest BCUT2D eigenvalue weighted by molar-refractivity contribution is -0.127. The zero-order valence-electron chi connectivity index (χ0n) is 16.5. The molecule has 0 unspecified atom stereocenters. The molecule has 2 aromatic carbocycles. The minimum Gasteiger partial charge on any atom is -0.391 e. The van der Waals surface area contributed by atoms with E-state index < -0.39 is 0 Å². The average molecular weight is 383 g/mol. The normalized spacial score (nSPS) is 16.2. The molecule has 0 aromatic heterocycles. The van der Waals surface area contributed by atoms with Gasteiger partial charge in [-0.15, -0.1) is 0 Å². The second kappa shape index (κ2) is 9.57. The zero-order valence-corrected chi connectivity index (χ0v) is 16.5. The van der Waals surface area contributed by atoms with Crippen molar-refractivity contribution < 1.29 is 9.90 Å². The molecule has 6 nitrogen and oxygen atoms in total. The Morgan fingerprint density at radius 2 is 2.00 bits per heavy atom. The van der Waals surface area contributed by atoms with Gasteiger partial charge in [-0.3, -0.25) is 4.79 Å². The van der Waals surface area contributed by atoms with Gasteiger partial charge in [0, 0.05) is 44.6 Å². The number of nitrogens with two attached hydrogens (primary N) is 1. The average Bonchev–Trinajstić information content (AvgIpc) is 3.16. The van der Waals surface area contributed by atoms with Gasteiger partial charge in [-0.05, 0) is 42.2 Å². The Bertz CT molecular complexity index is 778. The first-order valence-corrected chi connectivity index (χ1v) is 9.84. The van der Waals surface area contributed by atoms with Crippen molar-refractivity contribution in [3.63, 3.8) is 0 Å². The van der Waals surface area contributed by atoms with Gasteiger partial charge in [0.2, 0.25) is 5.91 Å². The number of benzene rings is 2. The Labute approximate surface area is 166 Å². The summed E-state index contributed by atoms with van der Waals surface area (Å²) in [6, 6.07) is 16.1. The molecule has 3 rings (SSSR count). The SMILES string of the molecule is CN(CCc1ccccc1N1CC[C@H](O)C1)C(=O)CNc1ccc(CN)cc1. The molecule has 1 atom stereocenters. The van der Waals surface area contributed by atoms with Crippen molar-refractivity contribution in [3.05, 3.63) is 59.7 Å². The number of likely N-dealkylation sites (N-methyl/N-ethyl adjacent to an activating group) is 1. The summed E-state index contributed by atoms with van der Waals surface area (Å²) in [5.41, 5.74) is 9.96. The number of hydrogen-bond acceptors (Lipinski definition) is 5. The Kier molecular flexibility index (Phi) is 6.90. The van der Waals surface area contributed by atoms with E-state index in [1.807, 2.05) is 43.4 Å². The van der Waals surface area contributed by atoms with E-state index >= 15 is 0 Å². The van der Waals surface area contributed by atoms with Gasteiger partial charge in [-0.1, -0.05) is 30.3 Å². The van der Waals surface area contributed by atoms with Crippen LogP contribution in [0.5, 0.6) is 0 Å². The molecular formula is C22H30N4O2. The molecule has 150 valence electrons. The predicted octanol–water partition coefficient (Wildman–Crippen LogP) is 1.83. The maximum absolute atomic E-state index is 12.4. The molecule has 1 heterocycles. The highest BCUT2D eigenvalue weighted by Gasteiger charge is 2.22. The van der Waals surface area contributed by atoms with Gasteiger partial charge < -0.3 is 26.0 Å². The molecule has 6 heteroatoms. The topological polar surface area (TPSA) is 81.8 Å². The molecule has 0 saturated carbocycles. The van der Waals surface area contributed by atoms with Crippen molar-refractivity contribution in [1.29, 1.82) is 0 Å². The number of carbonyl (C=O) groups is 1. The summed E-state index contributed by atoms with van der Waals surface area (Å²) in [5, 5.41) is 13.0. The van der Waals surface area contributed by atoms with Crippen molar-refractivity contribution in [2.75, 3.05) is 43.4 Å². The third-order valence-corrected chi connectivity index (χ3v) is 5.27. The van der Waals surface area contributed by atoms with E-state index in [1.54, 1.807) is 4.90 Å². The van der Waals surface area contributed by atoms with Gasteiger partial charge >= 0.3 is 0 Å². The molecule has 1 amide bonds. The first kappa shape index (κ1) is 20.2. The summed E-state index contributed by atoms with van der Waals surface area (Å²) in [6.45, 7) is 2.98. The number of aliphatic hydroxyl groups is 1. The Balaban J connectivity index is 1.50. The van der Waals surface area contributed by atoms with Crippen LogP contribution in [-0.4, -0.2) is 55.2 Å². The van der Waals surface area contributed by atoms with Gasteiger partial charge in [-0.25, -0.2) is 0 Å². The van der Waals surface area contributed by atoms with Crippen molar-refractivity contribution in [3.8, 4) is 0 Å². The van der Waals surface area contributed by atoms with Gasteiger partial charge in [0.15, 0.2) is 0 Å². The van der Waals surface area contributed by atoms with Crippen LogP contribution in [0.2, 0.25) is 0 Å². The van der Waals surface area contributed by atoms with E-state index in [4.69, 9.17) is 5.73 Å². The lowest BCUT2D eigenvalue weighted by Gasteiger charge is -2.23. The lowest BCUT2D eigenvalue weighted by atomic mass is 10.1. The summed E-state index contributed by atoms with van der Waals surface area (Å²) in [5.74, 6) is 0.0528. The van der Waals surface area contributed by atoms with Crippen LogP contribution in [0.4, 0.5) is 11.4 Å².